The molecule has 3 heterocycles. The van der Waals surface area contributed by atoms with Gasteiger partial charge in [0.05, 0.1) is 13.2 Å². The molecule has 0 radical (unpaired) electrons. The maximum Gasteiger partial charge on any atom is 0.145 e. The molecular formula is C19H23N5O. The lowest BCUT2D eigenvalue weighted by molar-refractivity contribution is 0.209. The Morgan fingerprint density at radius 3 is 2.72 bits per heavy atom. The Hall–Kier alpha value is -2.60. The van der Waals surface area contributed by atoms with Gasteiger partial charge in [0.2, 0.25) is 0 Å². The number of aromatic nitrogens is 3. The van der Waals surface area contributed by atoms with Gasteiger partial charge in [0.15, 0.2) is 0 Å². The highest BCUT2D eigenvalue weighted by Crippen LogP contribution is 2.33. The van der Waals surface area contributed by atoms with E-state index in [9.17, 15) is 0 Å². The van der Waals surface area contributed by atoms with Crippen LogP contribution in [0.5, 0.6) is 5.75 Å². The molecule has 1 aromatic carbocycles. The smallest absolute Gasteiger partial charge is 0.145 e. The van der Waals surface area contributed by atoms with Crippen LogP contribution < -0.4 is 9.64 Å². The maximum atomic E-state index is 5.48. The zero-order valence-corrected chi connectivity index (χ0v) is 14.9. The number of hydrogen-bond donors (Lipinski definition) is 0. The zero-order valence-electron chi connectivity index (χ0n) is 14.9. The molecule has 1 atom stereocenters. The fraction of sp³-hybridized carbons (Fsp3) is 0.368. The first-order valence-corrected chi connectivity index (χ1v) is 8.53. The van der Waals surface area contributed by atoms with E-state index in [1.54, 1.807) is 7.11 Å². The lowest BCUT2D eigenvalue weighted by Gasteiger charge is -2.40. The van der Waals surface area contributed by atoms with Crippen LogP contribution in [0.25, 0.3) is 10.9 Å². The normalized spacial score (nSPS) is 18.7. The average molecular weight is 337 g/mol. The van der Waals surface area contributed by atoms with Gasteiger partial charge in [-0.25, -0.2) is 4.98 Å². The molecule has 0 N–H and O–H groups in total. The highest BCUT2D eigenvalue weighted by atomic mass is 16.5. The van der Waals surface area contributed by atoms with Crippen molar-refractivity contribution in [3.63, 3.8) is 0 Å². The predicted molar refractivity (Wildman–Crippen MR) is 99.1 cm³/mol. The van der Waals surface area contributed by atoms with Crippen LogP contribution in [0.4, 0.5) is 5.69 Å². The number of anilines is 1. The van der Waals surface area contributed by atoms with Gasteiger partial charge in [-0.2, -0.15) is 0 Å². The molecule has 130 valence electrons. The van der Waals surface area contributed by atoms with E-state index in [4.69, 9.17) is 4.74 Å². The van der Waals surface area contributed by atoms with E-state index in [2.05, 4.69) is 50.6 Å². The number of likely N-dealkylation sites (N-methyl/N-ethyl adjacent to an activating group) is 1. The highest BCUT2D eigenvalue weighted by molar-refractivity contribution is 5.95. The number of rotatable bonds is 3. The Morgan fingerprint density at radius 2 is 1.96 bits per heavy atom. The second-order valence-electron chi connectivity index (χ2n) is 6.53. The van der Waals surface area contributed by atoms with Crippen molar-refractivity contribution in [2.45, 2.75) is 6.04 Å². The SMILES string of the molecule is COc1cccc2c(N3CCN(C)C(c4nccn4C)C3)ccnc12. The molecule has 25 heavy (non-hydrogen) atoms. The summed E-state index contributed by atoms with van der Waals surface area (Å²) in [5.41, 5.74) is 2.12. The van der Waals surface area contributed by atoms with Crippen molar-refractivity contribution in [2.75, 3.05) is 38.7 Å². The minimum absolute atomic E-state index is 0.266. The van der Waals surface area contributed by atoms with E-state index in [-0.39, 0.29) is 6.04 Å². The first kappa shape index (κ1) is 15.9. The summed E-state index contributed by atoms with van der Waals surface area (Å²) >= 11 is 0. The summed E-state index contributed by atoms with van der Waals surface area (Å²) in [5, 5.41) is 1.13. The summed E-state index contributed by atoms with van der Waals surface area (Å²) in [6.07, 6.45) is 5.75. The molecule has 0 aliphatic carbocycles. The van der Waals surface area contributed by atoms with Crippen molar-refractivity contribution in [3.05, 3.63) is 48.7 Å². The van der Waals surface area contributed by atoms with Crippen molar-refractivity contribution < 1.29 is 4.74 Å². The summed E-state index contributed by atoms with van der Waals surface area (Å²) < 4.78 is 7.59. The molecule has 1 aliphatic rings. The van der Waals surface area contributed by atoms with Crippen molar-refractivity contribution >= 4 is 16.6 Å². The molecule has 1 unspecified atom stereocenters. The fourth-order valence-corrected chi connectivity index (χ4v) is 3.64. The number of imidazole rings is 1. The lowest BCUT2D eigenvalue weighted by atomic mass is 10.1. The van der Waals surface area contributed by atoms with Gasteiger partial charge in [-0.15, -0.1) is 0 Å². The molecule has 1 aliphatic heterocycles. The third kappa shape index (κ3) is 2.72. The molecule has 3 aromatic rings. The van der Waals surface area contributed by atoms with E-state index in [1.165, 1.54) is 5.69 Å². The van der Waals surface area contributed by atoms with Gasteiger partial charge in [-0.05, 0) is 19.2 Å². The van der Waals surface area contributed by atoms with Crippen LogP contribution in [0.2, 0.25) is 0 Å². The molecule has 2 aromatic heterocycles. The number of ether oxygens (including phenoxy) is 1. The van der Waals surface area contributed by atoms with Gasteiger partial charge in [-0.1, -0.05) is 12.1 Å². The Labute approximate surface area is 147 Å². The van der Waals surface area contributed by atoms with Gasteiger partial charge in [-0.3, -0.25) is 9.88 Å². The molecule has 6 heteroatoms. The number of nitrogens with zero attached hydrogens (tertiary/aromatic N) is 5. The van der Waals surface area contributed by atoms with Crippen LogP contribution in [0, 0.1) is 0 Å². The molecule has 0 amide bonds. The number of pyridine rings is 1. The van der Waals surface area contributed by atoms with Gasteiger partial charge < -0.3 is 14.2 Å². The summed E-state index contributed by atoms with van der Waals surface area (Å²) in [4.78, 5) is 13.9. The molecule has 6 nitrogen and oxygen atoms in total. The molecular weight excluding hydrogens is 314 g/mol. The number of fused-ring (bicyclic) bond motifs is 1. The van der Waals surface area contributed by atoms with E-state index in [0.29, 0.717) is 0 Å². The second-order valence-corrected chi connectivity index (χ2v) is 6.53. The number of para-hydroxylation sites is 1. The van der Waals surface area contributed by atoms with Crippen LogP contribution in [-0.4, -0.2) is 53.2 Å². The number of piperazine rings is 1. The van der Waals surface area contributed by atoms with Crippen LogP contribution in [0.15, 0.2) is 42.9 Å². The third-order valence-corrected chi connectivity index (χ3v) is 5.08. The Kier molecular flexibility index (Phi) is 4.05. The Balaban J connectivity index is 1.73. The quantitative estimate of drug-likeness (QED) is 0.735. The van der Waals surface area contributed by atoms with Crippen LogP contribution in [-0.2, 0) is 7.05 Å². The molecule has 0 bridgehead atoms. The van der Waals surface area contributed by atoms with Crippen molar-refractivity contribution in [3.8, 4) is 5.75 Å². The molecule has 0 spiro atoms. The largest absolute Gasteiger partial charge is 0.494 e. The first-order valence-electron chi connectivity index (χ1n) is 8.53. The minimum Gasteiger partial charge on any atom is -0.494 e. The molecule has 1 saturated heterocycles. The Bertz CT molecular complexity index is 890. The summed E-state index contributed by atoms with van der Waals surface area (Å²) in [7, 11) is 5.92. The summed E-state index contributed by atoms with van der Waals surface area (Å²) in [5.74, 6) is 1.91. The van der Waals surface area contributed by atoms with Crippen LogP contribution >= 0.6 is 0 Å². The van der Waals surface area contributed by atoms with E-state index in [1.807, 2.05) is 30.7 Å². The summed E-state index contributed by atoms with van der Waals surface area (Å²) in [6, 6.07) is 8.47. The van der Waals surface area contributed by atoms with Gasteiger partial charge >= 0.3 is 0 Å². The number of methoxy groups -OCH3 is 1. The topological polar surface area (TPSA) is 46.4 Å². The van der Waals surface area contributed by atoms with Gasteiger partial charge in [0.25, 0.3) is 0 Å². The van der Waals surface area contributed by atoms with Gasteiger partial charge in [0.1, 0.15) is 17.1 Å². The maximum absolute atomic E-state index is 5.48. The minimum atomic E-state index is 0.266. The van der Waals surface area contributed by atoms with Crippen molar-refractivity contribution in [2.24, 2.45) is 7.05 Å². The first-order chi connectivity index (χ1) is 12.2. The van der Waals surface area contributed by atoms with Crippen LogP contribution in [0.3, 0.4) is 0 Å². The average Bonchev–Trinajstić information content (AvgIpc) is 3.07. The standard InChI is InChI=1S/C19H23N5O/c1-22-11-12-24(13-16(22)19-21-9-10-23(19)2)15-7-8-20-18-14(15)5-4-6-17(18)25-3/h4-10,16H,11-13H2,1-3H3. The highest BCUT2D eigenvalue weighted by Gasteiger charge is 2.29. The monoisotopic (exact) mass is 337 g/mol. The number of hydrogen-bond acceptors (Lipinski definition) is 5. The van der Waals surface area contributed by atoms with E-state index < -0.39 is 0 Å². The zero-order chi connectivity index (χ0) is 17.4. The fourth-order valence-electron chi connectivity index (χ4n) is 3.64. The molecule has 0 saturated carbocycles. The predicted octanol–water partition coefficient (Wildman–Crippen LogP) is 2.47. The van der Waals surface area contributed by atoms with Crippen molar-refractivity contribution in [1.82, 2.24) is 19.4 Å². The molecule has 1 fully saturated rings. The number of aryl methyl sites for hydroxylation is 1. The second kappa shape index (κ2) is 6.37. The lowest BCUT2D eigenvalue weighted by Crippen LogP contribution is -2.47. The summed E-state index contributed by atoms with van der Waals surface area (Å²) in [6.45, 7) is 2.87. The van der Waals surface area contributed by atoms with E-state index >= 15 is 0 Å². The number of benzene rings is 1. The van der Waals surface area contributed by atoms with Crippen molar-refractivity contribution in [1.29, 1.82) is 0 Å². The van der Waals surface area contributed by atoms with Crippen LogP contribution in [0.1, 0.15) is 11.9 Å². The van der Waals surface area contributed by atoms with Gasteiger partial charge in [0, 0.05) is 56.3 Å². The molecule has 4 rings (SSSR count). The third-order valence-electron chi connectivity index (χ3n) is 5.08. The van der Waals surface area contributed by atoms with E-state index in [0.717, 1.165) is 42.1 Å². The Morgan fingerprint density at radius 1 is 1.08 bits per heavy atom.